The predicted octanol–water partition coefficient (Wildman–Crippen LogP) is 6.41. The lowest BCUT2D eigenvalue weighted by molar-refractivity contribution is 0.769. The predicted molar refractivity (Wildman–Crippen MR) is 118 cm³/mol. The zero-order valence-electron chi connectivity index (χ0n) is 17.3. The lowest BCUT2D eigenvalue weighted by atomic mass is 9.92. The number of rotatable bonds is 4. The number of aromatic nitrogens is 4. The van der Waals surface area contributed by atoms with E-state index in [4.69, 9.17) is 10.1 Å². The Labute approximate surface area is 170 Å². The minimum atomic E-state index is 0.398. The summed E-state index contributed by atoms with van der Waals surface area (Å²) in [4.78, 5) is 9.46. The average Bonchev–Trinajstić information content (AvgIpc) is 3.21. The Morgan fingerprint density at radius 2 is 1.57 bits per heavy atom. The second kappa shape index (κ2) is 7.13. The molecule has 0 amide bonds. The first-order valence-corrected chi connectivity index (χ1v) is 10.6. The average molecular weight is 391 g/mol. The van der Waals surface area contributed by atoms with Crippen molar-refractivity contribution in [1.29, 1.82) is 0 Å². The number of fused-ring (bicyclic) bond motifs is 1. The third-order valence-electron chi connectivity index (χ3n) is 5.02. The molecular weight excluding hydrogens is 364 g/mol. The molecule has 4 aromatic rings. The molecule has 0 N–H and O–H groups in total. The van der Waals surface area contributed by atoms with Crippen LogP contribution in [0.15, 0.2) is 36.4 Å². The van der Waals surface area contributed by atoms with Crippen LogP contribution in [0.2, 0.25) is 0 Å². The topological polar surface area (TPSA) is 43.6 Å². The van der Waals surface area contributed by atoms with Gasteiger partial charge in [0, 0.05) is 5.56 Å². The maximum absolute atomic E-state index is 4.82. The summed E-state index contributed by atoms with van der Waals surface area (Å²) >= 11 is 1.72. The third kappa shape index (κ3) is 3.24. The summed E-state index contributed by atoms with van der Waals surface area (Å²) in [5.41, 5.74) is 5.82. The number of benzene rings is 2. The van der Waals surface area contributed by atoms with Crippen LogP contribution >= 0.6 is 11.3 Å². The number of thiazole rings is 1. The van der Waals surface area contributed by atoms with Gasteiger partial charge in [0.15, 0.2) is 5.82 Å². The highest BCUT2D eigenvalue weighted by molar-refractivity contribution is 7.18. The Morgan fingerprint density at radius 1 is 0.893 bits per heavy atom. The van der Waals surface area contributed by atoms with Crippen LogP contribution in [0.3, 0.4) is 0 Å². The number of hydrogen-bond donors (Lipinski definition) is 0. The van der Waals surface area contributed by atoms with Crippen LogP contribution in [0.1, 0.15) is 61.5 Å². The van der Waals surface area contributed by atoms with Crippen LogP contribution in [0.4, 0.5) is 0 Å². The fourth-order valence-corrected chi connectivity index (χ4v) is 4.50. The molecule has 0 unspecified atom stereocenters. The minimum absolute atomic E-state index is 0.398. The van der Waals surface area contributed by atoms with E-state index in [1.807, 2.05) is 18.5 Å². The fraction of sp³-hybridized carbons (Fsp3) is 0.348. The summed E-state index contributed by atoms with van der Waals surface area (Å²) in [6, 6.07) is 13.0. The van der Waals surface area contributed by atoms with E-state index in [0.29, 0.717) is 11.8 Å². The van der Waals surface area contributed by atoms with Crippen molar-refractivity contribution < 1.29 is 0 Å². The highest BCUT2D eigenvalue weighted by Gasteiger charge is 2.21. The first kappa shape index (κ1) is 18.8. The van der Waals surface area contributed by atoms with Crippen LogP contribution in [-0.2, 0) is 0 Å². The van der Waals surface area contributed by atoms with Gasteiger partial charge < -0.3 is 0 Å². The van der Waals surface area contributed by atoms with Gasteiger partial charge in [-0.2, -0.15) is 5.10 Å². The second-order valence-electron chi connectivity index (χ2n) is 7.90. The molecule has 4 rings (SSSR count). The van der Waals surface area contributed by atoms with Gasteiger partial charge in [-0.15, -0.1) is 11.3 Å². The zero-order chi connectivity index (χ0) is 20.0. The summed E-state index contributed by atoms with van der Waals surface area (Å²) < 4.78 is 3.25. The molecule has 28 heavy (non-hydrogen) atoms. The molecule has 0 aliphatic heterocycles. The molecule has 0 saturated carbocycles. The Bertz CT molecular complexity index is 1120. The maximum Gasteiger partial charge on any atom is 0.163 e. The molecule has 0 radical (unpaired) electrons. The number of aryl methyl sites for hydroxylation is 2. The lowest BCUT2D eigenvalue weighted by Gasteiger charge is -2.20. The fourth-order valence-electron chi connectivity index (χ4n) is 3.70. The molecule has 0 spiro atoms. The zero-order valence-corrected chi connectivity index (χ0v) is 18.1. The molecule has 0 aliphatic rings. The molecule has 2 aromatic carbocycles. The van der Waals surface area contributed by atoms with E-state index in [2.05, 4.69) is 69.1 Å². The summed E-state index contributed by atoms with van der Waals surface area (Å²) in [7, 11) is 0. The quantitative estimate of drug-likeness (QED) is 0.404. The van der Waals surface area contributed by atoms with Gasteiger partial charge in [-0.3, -0.25) is 0 Å². The second-order valence-corrected chi connectivity index (χ2v) is 9.14. The highest BCUT2D eigenvalue weighted by Crippen LogP contribution is 2.34. The van der Waals surface area contributed by atoms with Gasteiger partial charge in [-0.25, -0.2) is 14.6 Å². The summed E-state index contributed by atoms with van der Waals surface area (Å²) in [5, 5.41) is 5.90. The molecular formula is C23H26N4S. The van der Waals surface area contributed by atoms with Crippen molar-refractivity contribution >= 4 is 21.6 Å². The van der Waals surface area contributed by atoms with E-state index in [9.17, 15) is 0 Å². The van der Waals surface area contributed by atoms with Crippen molar-refractivity contribution in [3.05, 3.63) is 58.4 Å². The lowest BCUT2D eigenvalue weighted by Crippen LogP contribution is -2.09. The SMILES string of the molecule is Cc1nc(-c2ccc3sc(C)nc3c2)n(-c2c(C(C)C)cccc2C(C)C)n1. The molecule has 5 heteroatoms. The largest absolute Gasteiger partial charge is 0.241 e. The molecule has 0 bridgehead atoms. The highest BCUT2D eigenvalue weighted by atomic mass is 32.1. The molecule has 0 saturated heterocycles. The van der Waals surface area contributed by atoms with Crippen molar-refractivity contribution in [1.82, 2.24) is 19.7 Å². The number of nitrogens with zero attached hydrogens (tertiary/aromatic N) is 4. The maximum atomic E-state index is 4.82. The molecule has 0 fully saturated rings. The minimum Gasteiger partial charge on any atom is -0.241 e. The van der Waals surface area contributed by atoms with Crippen molar-refractivity contribution in [3.8, 4) is 17.1 Å². The van der Waals surface area contributed by atoms with Crippen LogP contribution in [0, 0.1) is 13.8 Å². The van der Waals surface area contributed by atoms with Crippen LogP contribution in [0.5, 0.6) is 0 Å². The van der Waals surface area contributed by atoms with E-state index in [0.717, 1.165) is 33.4 Å². The van der Waals surface area contributed by atoms with Gasteiger partial charge in [0.1, 0.15) is 5.82 Å². The van der Waals surface area contributed by atoms with Gasteiger partial charge in [-0.05, 0) is 55.0 Å². The normalized spacial score (nSPS) is 11.9. The number of para-hydroxylation sites is 1. The van der Waals surface area contributed by atoms with E-state index in [1.54, 1.807) is 11.3 Å². The Balaban J connectivity index is 1.98. The van der Waals surface area contributed by atoms with Crippen molar-refractivity contribution in [2.45, 2.75) is 53.4 Å². The molecule has 4 nitrogen and oxygen atoms in total. The number of hydrogen-bond acceptors (Lipinski definition) is 4. The standard InChI is InChI=1S/C23H26N4S/c1-13(2)18-8-7-9-19(14(3)4)22(18)27-23(24-15(5)26-27)17-10-11-21-20(12-17)25-16(6)28-21/h7-14H,1-6H3. The molecule has 0 aliphatic carbocycles. The van der Waals surface area contributed by atoms with Crippen LogP contribution in [-0.4, -0.2) is 19.7 Å². The summed E-state index contributed by atoms with van der Waals surface area (Å²) in [5.74, 6) is 2.45. The molecule has 144 valence electrons. The van der Waals surface area contributed by atoms with Crippen LogP contribution in [0.25, 0.3) is 27.3 Å². The Kier molecular flexibility index (Phi) is 4.79. The first-order chi connectivity index (χ1) is 13.3. The summed E-state index contributed by atoms with van der Waals surface area (Å²) in [6.45, 7) is 12.9. The van der Waals surface area contributed by atoms with E-state index in [-0.39, 0.29) is 0 Å². The summed E-state index contributed by atoms with van der Waals surface area (Å²) in [6.07, 6.45) is 0. The van der Waals surface area contributed by atoms with E-state index >= 15 is 0 Å². The monoisotopic (exact) mass is 390 g/mol. The van der Waals surface area contributed by atoms with Gasteiger partial charge in [-0.1, -0.05) is 45.9 Å². The van der Waals surface area contributed by atoms with Gasteiger partial charge in [0.05, 0.1) is 20.9 Å². The van der Waals surface area contributed by atoms with Crippen LogP contribution < -0.4 is 0 Å². The van der Waals surface area contributed by atoms with Crippen molar-refractivity contribution in [3.63, 3.8) is 0 Å². The van der Waals surface area contributed by atoms with Gasteiger partial charge in [0.25, 0.3) is 0 Å². The van der Waals surface area contributed by atoms with E-state index in [1.165, 1.54) is 15.8 Å². The first-order valence-electron chi connectivity index (χ1n) is 9.79. The molecule has 0 atom stereocenters. The van der Waals surface area contributed by atoms with Crippen molar-refractivity contribution in [2.24, 2.45) is 0 Å². The molecule has 2 heterocycles. The van der Waals surface area contributed by atoms with Gasteiger partial charge in [0.2, 0.25) is 0 Å². The van der Waals surface area contributed by atoms with E-state index < -0.39 is 0 Å². The molecule has 2 aromatic heterocycles. The Morgan fingerprint density at radius 3 is 2.21 bits per heavy atom. The van der Waals surface area contributed by atoms with Crippen molar-refractivity contribution in [2.75, 3.05) is 0 Å². The Hall–Kier alpha value is -2.53. The smallest absolute Gasteiger partial charge is 0.163 e. The van der Waals surface area contributed by atoms with Gasteiger partial charge >= 0.3 is 0 Å². The third-order valence-corrected chi connectivity index (χ3v) is 5.97.